The molecule has 9 nitrogen and oxygen atoms in total. The molecule has 0 bridgehead atoms. The molecule has 1 atom stereocenters. The Hall–Kier alpha value is -3.62. The van der Waals surface area contributed by atoms with Crippen molar-refractivity contribution in [3.8, 4) is 11.5 Å². The molecule has 29 heavy (non-hydrogen) atoms. The second-order valence-electron chi connectivity index (χ2n) is 6.83. The van der Waals surface area contributed by atoms with Crippen molar-refractivity contribution in [2.24, 2.45) is 10.7 Å². The summed E-state index contributed by atoms with van der Waals surface area (Å²) in [5.41, 5.74) is 6.49. The number of rotatable bonds is 5. The summed E-state index contributed by atoms with van der Waals surface area (Å²) in [6.45, 7) is 1.83. The molecule has 3 rings (SSSR count). The van der Waals surface area contributed by atoms with E-state index in [0.29, 0.717) is 17.2 Å². The van der Waals surface area contributed by atoms with Crippen LogP contribution in [0.5, 0.6) is 11.5 Å². The number of nitrogens with zero attached hydrogens (tertiary/aromatic N) is 3. The minimum atomic E-state index is -0.815. The molecular weight excluding hydrogens is 374 g/mol. The summed E-state index contributed by atoms with van der Waals surface area (Å²) in [5.74, 6) is 0.375. The number of pyridine rings is 1. The quantitative estimate of drug-likeness (QED) is 0.793. The van der Waals surface area contributed by atoms with Crippen LogP contribution in [0, 0.1) is 0 Å². The lowest BCUT2D eigenvalue weighted by Crippen LogP contribution is -2.47. The van der Waals surface area contributed by atoms with Gasteiger partial charge in [0, 0.05) is 18.8 Å². The number of methoxy groups -OCH3 is 2. The molecule has 3 N–H and O–H groups in total. The topological polar surface area (TPSA) is 119 Å². The van der Waals surface area contributed by atoms with E-state index in [2.05, 4.69) is 15.3 Å². The zero-order valence-corrected chi connectivity index (χ0v) is 16.7. The van der Waals surface area contributed by atoms with E-state index in [9.17, 15) is 9.59 Å². The molecule has 9 heteroatoms. The SMILES string of the molecule is COc1cnc(C(=O)Nc2cccc(C3(C)CC(=O)N(C)C(N)=N3)c2)c(OC)c1. The summed E-state index contributed by atoms with van der Waals surface area (Å²) in [6, 6.07) is 8.72. The number of benzene rings is 1. The molecule has 0 spiro atoms. The fourth-order valence-corrected chi connectivity index (χ4v) is 3.06. The van der Waals surface area contributed by atoms with Gasteiger partial charge in [-0.3, -0.25) is 14.5 Å². The monoisotopic (exact) mass is 397 g/mol. The Morgan fingerprint density at radius 1 is 1.28 bits per heavy atom. The van der Waals surface area contributed by atoms with Crippen LogP contribution in [0.1, 0.15) is 29.4 Å². The number of aromatic nitrogens is 1. The highest BCUT2D eigenvalue weighted by Gasteiger charge is 2.36. The van der Waals surface area contributed by atoms with Crippen molar-refractivity contribution in [2.45, 2.75) is 18.9 Å². The number of aliphatic imine (C=N–C) groups is 1. The maximum absolute atomic E-state index is 12.7. The van der Waals surface area contributed by atoms with Gasteiger partial charge >= 0.3 is 0 Å². The fourth-order valence-electron chi connectivity index (χ4n) is 3.06. The number of carbonyl (C=O) groups is 2. The number of ether oxygens (including phenoxy) is 2. The van der Waals surface area contributed by atoms with Crippen LogP contribution in [0.3, 0.4) is 0 Å². The second-order valence-corrected chi connectivity index (χ2v) is 6.83. The molecule has 2 amide bonds. The highest BCUT2D eigenvalue weighted by molar-refractivity contribution is 6.05. The zero-order valence-electron chi connectivity index (χ0n) is 16.7. The van der Waals surface area contributed by atoms with Crippen LogP contribution in [0.25, 0.3) is 0 Å². The smallest absolute Gasteiger partial charge is 0.278 e. The number of hydrogen-bond donors (Lipinski definition) is 2. The lowest BCUT2D eigenvalue weighted by atomic mass is 9.87. The van der Waals surface area contributed by atoms with Crippen LogP contribution in [0.15, 0.2) is 41.5 Å². The first-order valence-corrected chi connectivity index (χ1v) is 8.89. The van der Waals surface area contributed by atoms with E-state index in [4.69, 9.17) is 15.2 Å². The van der Waals surface area contributed by atoms with Gasteiger partial charge in [-0.15, -0.1) is 0 Å². The number of nitrogens with two attached hydrogens (primary N) is 1. The first-order chi connectivity index (χ1) is 13.8. The van der Waals surface area contributed by atoms with Crippen molar-refractivity contribution in [2.75, 3.05) is 26.6 Å². The van der Waals surface area contributed by atoms with Gasteiger partial charge in [0.25, 0.3) is 5.91 Å². The van der Waals surface area contributed by atoms with Crippen LogP contribution < -0.4 is 20.5 Å². The number of nitrogens with one attached hydrogen (secondary N) is 1. The maximum atomic E-state index is 12.7. The van der Waals surface area contributed by atoms with Crippen LogP contribution in [-0.4, -0.2) is 48.9 Å². The van der Waals surface area contributed by atoms with Gasteiger partial charge in [-0.25, -0.2) is 9.98 Å². The summed E-state index contributed by atoms with van der Waals surface area (Å²) < 4.78 is 10.3. The maximum Gasteiger partial charge on any atom is 0.278 e. The van der Waals surface area contributed by atoms with Crippen molar-refractivity contribution in [1.82, 2.24) is 9.88 Å². The molecule has 2 aromatic rings. The number of amides is 2. The highest BCUT2D eigenvalue weighted by Crippen LogP contribution is 2.34. The molecule has 0 radical (unpaired) electrons. The largest absolute Gasteiger partial charge is 0.495 e. The first-order valence-electron chi connectivity index (χ1n) is 8.89. The van der Waals surface area contributed by atoms with Gasteiger partial charge in [0.2, 0.25) is 5.91 Å². The van der Waals surface area contributed by atoms with Crippen molar-refractivity contribution in [3.05, 3.63) is 47.8 Å². The molecule has 0 fully saturated rings. The number of anilines is 1. The molecule has 0 saturated carbocycles. The van der Waals surface area contributed by atoms with Gasteiger partial charge in [0.05, 0.1) is 32.4 Å². The molecule has 1 aliphatic heterocycles. The van der Waals surface area contributed by atoms with E-state index in [0.717, 1.165) is 5.56 Å². The zero-order chi connectivity index (χ0) is 21.2. The Morgan fingerprint density at radius 3 is 2.69 bits per heavy atom. The minimum Gasteiger partial charge on any atom is -0.495 e. The summed E-state index contributed by atoms with van der Waals surface area (Å²) in [6.07, 6.45) is 1.62. The number of hydrogen-bond acceptors (Lipinski definition) is 7. The lowest BCUT2D eigenvalue weighted by molar-refractivity contribution is -0.128. The second kappa shape index (κ2) is 7.78. The van der Waals surface area contributed by atoms with Crippen LogP contribution in [0.2, 0.25) is 0 Å². The molecular formula is C20H23N5O4. The van der Waals surface area contributed by atoms with Gasteiger partial charge < -0.3 is 20.5 Å². The van der Waals surface area contributed by atoms with Gasteiger partial charge in [-0.2, -0.15) is 0 Å². The third kappa shape index (κ3) is 3.98. The highest BCUT2D eigenvalue weighted by atomic mass is 16.5. The Labute approximate surface area is 168 Å². The minimum absolute atomic E-state index is 0.124. The van der Waals surface area contributed by atoms with E-state index in [1.807, 2.05) is 13.0 Å². The fraction of sp³-hybridized carbons (Fsp3) is 0.300. The third-order valence-electron chi connectivity index (χ3n) is 4.82. The average molecular weight is 397 g/mol. The Balaban J connectivity index is 1.87. The van der Waals surface area contributed by atoms with Crippen molar-refractivity contribution < 1.29 is 19.1 Å². The number of carbonyl (C=O) groups excluding carboxylic acids is 2. The van der Waals surface area contributed by atoms with Gasteiger partial charge in [-0.05, 0) is 24.6 Å². The van der Waals surface area contributed by atoms with Gasteiger partial charge in [-0.1, -0.05) is 12.1 Å². The molecule has 1 unspecified atom stereocenters. The predicted octanol–water partition coefficient (Wildman–Crippen LogP) is 1.74. The first kappa shape index (κ1) is 20.1. The molecule has 152 valence electrons. The van der Waals surface area contributed by atoms with E-state index < -0.39 is 11.4 Å². The van der Waals surface area contributed by atoms with Gasteiger partial charge in [0.15, 0.2) is 17.4 Å². The molecule has 0 aliphatic carbocycles. The Morgan fingerprint density at radius 2 is 2.03 bits per heavy atom. The van der Waals surface area contributed by atoms with Crippen LogP contribution in [0.4, 0.5) is 5.69 Å². The van der Waals surface area contributed by atoms with Crippen molar-refractivity contribution >= 4 is 23.5 Å². The summed E-state index contributed by atoms with van der Waals surface area (Å²) in [5, 5.41) is 2.80. The van der Waals surface area contributed by atoms with E-state index in [1.54, 1.807) is 31.3 Å². The number of guanidine groups is 1. The van der Waals surface area contributed by atoms with Crippen LogP contribution in [-0.2, 0) is 10.3 Å². The molecule has 0 saturated heterocycles. The molecule has 2 heterocycles. The molecule has 1 aromatic carbocycles. The van der Waals surface area contributed by atoms with Crippen molar-refractivity contribution in [1.29, 1.82) is 0 Å². The van der Waals surface area contributed by atoms with Crippen LogP contribution >= 0.6 is 0 Å². The molecule has 1 aromatic heterocycles. The molecule has 1 aliphatic rings. The normalized spacial score (nSPS) is 18.8. The van der Waals surface area contributed by atoms with Gasteiger partial charge in [0.1, 0.15) is 5.75 Å². The third-order valence-corrected chi connectivity index (χ3v) is 4.82. The summed E-state index contributed by atoms with van der Waals surface area (Å²) >= 11 is 0. The van der Waals surface area contributed by atoms with E-state index in [1.165, 1.54) is 25.3 Å². The summed E-state index contributed by atoms with van der Waals surface area (Å²) in [4.78, 5) is 34.9. The Bertz CT molecular complexity index is 991. The summed E-state index contributed by atoms with van der Waals surface area (Å²) in [7, 11) is 4.55. The van der Waals surface area contributed by atoms with E-state index >= 15 is 0 Å². The standard InChI is InChI=1S/C20H23N5O4/c1-20(10-16(26)25(2)19(21)24-20)12-6-5-7-13(8-12)23-18(27)17-15(29-4)9-14(28-3)11-22-17/h5-9,11H,10H2,1-4H3,(H2,21,24)(H,23,27). The van der Waals surface area contributed by atoms with E-state index in [-0.39, 0.29) is 24.0 Å². The van der Waals surface area contributed by atoms with Crippen molar-refractivity contribution in [3.63, 3.8) is 0 Å². The lowest BCUT2D eigenvalue weighted by Gasteiger charge is -2.33. The average Bonchev–Trinajstić information content (AvgIpc) is 2.71. The Kier molecular flexibility index (Phi) is 5.40. The predicted molar refractivity (Wildman–Crippen MR) is 108 cm³/mol.